The summed E-state index contributed by atoms with van der Waals surface area (Å²) in [7, 11) is 0. The lowest BCUT2D eigenvalue weighted by atomic mass is 9.78. The number of guanidine groups is 1. The van der Waals surface area contributed by atoms with Crippen molar-refractivity contribution in [2.75, 3.05) is 19.7 Å². The fourth-order valence-electron chi connectivity index (χ4n) is 4.06. The first kappa shape index (κ1) is 19.1. The number of ether oxygens (including phenoxy) is 1. The number of rotatable bonds is 4. The molecule has 0 aliphatic carbocycles. The van der Waals surface area contributed by atoms with Crippen molar-refractivity contribution in [2.45, 2.75) is 72.1 Å². The van der Waals surface area contributed by atoms with E-state index in [2.05, 4.69) is 48.4 Å². The van der Waals surface area contributed by atoms with Crippen molar-refractivity contribution in [3.63, 3.8) is 0 Å². The summed E-state index contributed by atoms with van der Waals surface area (Å²) in [5.74, 6) is 2.46. The molecule has 146 valence electrons. The monoisotopic (exact) mass is 362 g/mol. The van der Waals surface area contributed by atoms with Gasteiger partial charge < -0.3 is 15.4 Å². The van der Waals surface area contributed by atoms with Crippen LogP contribution in [0.5, 0.6) is 0 Å². The van der Waals surface area contributed by atoms with Gasteiger partial charge in [0.1, 0.15) is 12.2 Å². The van der Waals surface area contributed by atoms with Crippen molar-refractivity contribution in [1.82, 2.24) is 25.4 Å². The molecule has 7 nitrogen and oxygen atoms in total. The number of nitrogens with zero attached hydrogens (tertiary/aromatic N) is 4. The van der Waals surface area contributed by atoms with Crippen LogP contribution in [0.3, 0.4) is 0 Å². The summed E-state index contributed by atoms with van der Waals surface area (Å²) in [5, 5.41) is 11.3. The zero-order chi connectivity index (χ0) is 18.6. The Morgan fingerprint density at radius 2 is 2.23 bits per heavy atom. The molecule has 3 heterocycles. The van der Waals surface area contributed by atoms with Crippen LogP contribution in [0, 0.1) is 11.3 Å². The molecule has 26 heavy (non-hydrogen) atoms. The molecule has 3 unspecified atom stereocenters. The zero-order valence-corrected chi connectivity index (χ0v) is 16.7. The van der Waals surface area contributed by atoms with E-state index in [0.29, 0.717) is 12.0 Å². The molecule has 2 aliphatic rings. The summed E-state index contributed by atoms with van der Waals surface area (Å²) in [4.78, 5) is 9.21. The highest BCUT2D eigenvalue weighted by Crippen LogP contribution is 2.34. The molecule has 3 rings (SSSR count). The number of fused-ring (bicyclic) bond motifs is 1. The van der Waals surface area contributed by atoms with Gasteiger partial charge in [-0.15, -0.1) is 0 Å². The maximum absolute atomic E-state index is 6.10. The largest absolute Gasteiger partial charge is 0.377 e. The average Bonchev–Trinajstić information content (AvgIpc) is 3.07. The van der Waals surface area contributed by atoms with Crippen molar-refractivity contribution >= 4 is 5.96 Å². The number of hydrogen-bond acceptors (Lipinski definition) is 4. The normalized spacial score (nSPS) is 27.1. The third-order valence-corrected chi connectivity index (χ3v) is 5.27. The van der Waals surface area contributed by atoms with E-state index in [1.54, 1.807) is 6.33 Å². The summed E-state index contributed by atoms with van der Waals surface area (Å²) >= 11 is 0. The smallest absolute Gasteiger partial charge is 0.191 e. The minimum atomic E-state index is 0.152. The lowest BCUT2D eigenvalue weighted by Gasteiger charge is -2.39. The van der Waals surface area contributed by atoms with Gasteiger partial charge in [0.05, 0.1) is 12.6 Å². The average molecular weight is 363 g/mol. The van der Waals surface area contributed by atoms with Gasteiger partial charge in [0.25, 0.3) is 0 Å². The molecule has 0 saturated carbocycles. The van der Waals surface area contributed by atoms with E-state index in [9.17, 15) is 0 Å². The Morgan fingerprint density at radius 1 is 1.38 bits per heavy atom. The van der Waals surface area contributed by atoms with Crippen LogP contribution in [0.15, 0.2) is 11.3 Å². The highest BCUT2D eigenvalue weighted by atomic mass is 16.5. The van der Waals surface area contributed by atoms with E-state index in [1.165, 1.54) is 6.42 Å². The van der Waals surface area contributed by atoms with Crippen LogP contribution >= 0.6 is 0 Å². The SMILES string of the molecule is CCNC(=NCC1CCCOC1C(C)(C)C)NC1CCc2ncnn2C1. The van der Waals surface area contributed by atoms with E-state index < -0.39 is 0 Å². The first-order valence-electron chi connectivity index (χ1n) is 10.0. The minimum absolute atomic E-state index is 0.152. The lowest BCUT2D eigenvalue weighted by molar-refractivity contribution is -0.0823. The van der Waals surface area contributed by atoms with Crippen molar-refractivity contribution in [3.8, 4) is 0 Å². The number of hydrogen-bond donors (Lipinski definition) is 2. The van der Waals surface area contributed by atoms with Crippen LogP contribution < -0.4 is 10.6 Å². The van der Waals surface area contributed by atoms with Crippen LogP contribution in [0.2, 0.25) is 0 Å². The first-order chi connectivity index (χ1) is 12.5. The lowest BCUT2D eigenvalue weighted by Crippen LogP contribution is -2.48. The third kappa shape index (κ3) is 4.75. The Labute approximate surface area is 157 Å². The molecule has 0 radical (unpaired) electrons. The summed E-state index contributed by atoms with van der Waals surface area (Å²) in [6.07, 6.45) is 6.26. The van der Waals surface area contributed by atoms with Crippen LogP contribution in [0.25, 0.3) is 0 Å². The Balaban J connectivity index is 1.61. The molecule has 0 bridgehead atoms. The maximum atomic E-state index is 6.10. The molecule has 7 heteroatoms. The van der Waals surface area contributed by atoms with Gasteiger partial charge in [0.15, 0.2) is 5.96 Å². The van der Waals surface area contributed by atoms with Crippen LogP contribution in [-0.2, 0) is 17.7 Å². The van der Waals surface area contributed by atoms with Gasteiger partial charge in [-0.1, -0.05) is 20.8 Å². The molecule has 2 N–H and O–H groups in total. The van der Waals surface area contributed by atoms with Gasteiger partial charge in [-0.2, -0.15) is 5.10 Å². The molecule has 0 aromatic carbocycles. The zero-order valence-electron chi connectivity index (χ0n) is 16.7. The molecular formula is C19H34N6O. The van der Waals surface area contributed by atoms with Gasteiger partial charge in [0, 0.05) is 38.1 Å². The molecule has 2 aliphatic heterocycles. The summed E-state index contributed by atoms with van der Waals surface area (Å²) < 4.78 is 8.09. The standard InChI is InChI=1S/C19H34N6O/c1-5-20-18(24-15-8-9-16-22-13-23-25(16)12-15)21-11-14-7-6-10-26-17(14)19(2,3)4/h13-15,17H,5-12H2,1-4H3,(H2,20,21,24). The van der Waals surface area contributed by atoms with Gasteiger partial charge in [-0.3, -0.25) is 4.99 Å². The Kier molecular flexibility index (Phi) is 6.16. The maximum Gasteiger partial charge on any atom is 0.191 e. The summed E-state index contributed by atoms with van der Waals surface area (Å²) in [6.45, 7) is 12.3. The van der Waals surface area contributed by atoms with Crippen LogP contribution in [-0.4, -0.2) is 52.6 Å². The molecule has 1 saturated heterocycles. The van der Waals surface area contributed by atoms with E-state index in [-0.39, 0.29) is 11.5 Å². The second-order valence-corrected chi connectivity index (χ2v) is 8.52. The Bertz CT molecular complexity index is 605. The first-order valence-corrected chi connectivity index (χ1v) is 10.0. The predicted molar refractivity (Wildman–Crippen MR) is 103 cm³/mol. The van der Waals surface area contributed by atoms with Crippen molar-refractivity contribution in [2.24, 2.45) is 16.3 Å². The molecule has 1 aromatic rings. The van der Waals surface area contributed by atoms with Crippen LogP contribution in [0.4, 0.5) is 0 Å². The Morgan fingerprint density at radius 3 is 3.00 bits per heavy atom. The van der Waals surface area contributed by atoms with E-state index in [0.717, 1.165) is 57.3 Å². The number of aliphatic imine (C=N–C) groups is 1. The highest BCUT2D eigenvalue weighted by molar-refractivity contribution is 5.80. The van der Waals surface area contributed by atoms with Crippen molar-refractivity contribution < 1.29 is 4.74 Å². The minimum Gasteiger partial charge on any atom is -0.377 e. The van der Waals surface area contributed by atoms with Gasteiger partial charge in [-0.25, -0.2) is 9.67 Å². The van der Waals surface area contributed by atoms with Gasteiger partial charge in [-0.05, 0) is 31.6 Å². The quantitative estimate of drug-likeness (QED) is 0.633. The van der Waals surface area contributed by atoms with Gasteiger partial charge in [0.2, 0.25) is 0 Å². The van der Waals surface area contributed by atoms with E-state index >= 15 is 0 Å². The number of nitrogens with one attached hydrogen (secondary N) is 2. The van der Waals surface area contributed by atoms with Gasteiger partial charge >= 0.3 is 0 Å². The molecule has 0 amide bonds. The van der Waals surface area contributed by atoms with Crippen LogP contribution in [0.1, 0.15) is 52.8 Å². The molecule has 0 spiro atoms. The second-order valence-electron chi connectivity index (χ2n) is 8.52. The fourth-order valence-corrected chi connectivity index (χ4v) is 4.06. The number of aryl methyl sites for hydroxylation is 1. The van der Waals surface area contributed by atoms with E-state index in [4.69, 9.17) is 9.73 Å². The molecule has 1 fully saturated rings. The van der Waals surface area contributed by atoms with Crippen molar-refractivity contribution in [3.05, 3.63) is 12.2 Å². The summed E-state index contributed by atoms with van der Waals surface area (Å²) in [5.41, 5.74) is 0.152. The predicted octanol–water partition coefficient (Wildman–Crippen LogP) is 1.99. The molecule has 3 atom stereocenters. The third-order valence-electron chi connectivity index (χ3n) is 5.27. The fraction of sp³-hybridized carbons (Fsp3) is 0.842. The molecule has 1 aromatic heterocycles. The summed E-state index contributed by atoms with van der Waals surface area (Å²) in [6, 6.07) is 0.336. The van der Waals surface area contributed by atoms with Crippen molar-refractivity contribution in [1.29, 1.82) is 0 Å². The topological polar surface area (TPSA) is 76.4 Å². The number of aromatic nitrogens is 3. The second kappa shape index (κ2) is 8.37. The highest BCUT2D eigenvalue weighted by Gasteiger charge is 2.35. The Hall–Kier alpha value is -1.63. The molecular weight excluding hydrogens is 328 g/mol. The van der Waals surface area contributed by atoms with E-state index in [1.807, 2.05) is 4.68 Å².